The number of rotatable bonds is 8. The predicted molar refractivity (Wildman–Crippen MR) is 77.3 cm³/mol. The molecule has 7 heteroatoms. The number of pyridine rings is 1. The summed E-state index contributed by atoms with van der Waals surface area (Å²) in [4.78, 5) is 23.2. The Balaban J connectivity index is 3.18. The largest absolute Gasteiger partial charge is 0.487 e. The molecule has 1 unspecified atom stereocenters. The lowest BCUT2D eigenvalue weighted by atomic mass is 10.2. The van der Waals surface area contributed by atoms with Crippen LogP contribution >= 0.6 is 15.9 Å². The molecule has 1 heterocycles. The number of carbonyl (C=O) groups excluding carboxylic acids is 1. The number of hydrogen-bond acceptors (Lipinski definition) is 5. The number of halogens is 1. The van der Waals surface area contributed by atoms with Gasteiger partial charge >= 0.3 is 0 Å². The maximum absolute atomic E-state index is 12.0. The Morgan fingerprint density at radius 1 is 1.55 bits per heavy atom. The van der Waals surface area contributed by atoms with Crippen LogP contribution in [-0.2, 0) is 6.54 Å². The fourth-order valence-electron chi connectivity index (χ4n) is 1.64. The van der Waals surface area contributed by atoms with E-state index >= 15 is 0 Å². The Hall–Kier alpha value is -1.18. The van der Waals surface area contributed by atoms with Gasteiger partial charge in [-0.05, 0) is 22.4 Å². The van der Waals surface area contributed by atoms with Crippen LogP contribution in [0.15, 0.2) is 15.5 Å². The number of ether oxygens (including phenoxy) is 1. The van der Waals surface area contributed by atoms with Crippen molar-refractivity contribution in [1.82, 2.24) is 4.57 Å². The molecule has 1 aromatic heterocycles. The molecule has 1 rings (SSSR count). The number of nitrogens with zero attached hydrogens (tertiary/aromatic N) is 1. The number of hydrogen-bond donors (Lipinski definition) is 2. The maximum atomic E-state index is 12.0. The van der Waals surface area contributed by atoms with Crippen LogP contribution in [0.4, 0.5) is 0 Å². The van der Waals surface area contributed by atoms with Gasteiger partial charge in [-0.3, -0.25) is 9.59 Å². The van der Waals surface area contributed by atoms with E-state index in [4.69, 9.17) is 9.84 Å². The van der Waals surface area contributed by atoms with Crippen molar-refractivity contribution < 1.29 is 19.7 Å². The second-order valence-corrected chi connectivity index (χ2v) is 5.18. The molecule has 6 nitrogen and oxygen atoms in total. The van der Waals surface area contributed by atoms with Crippen molar-refractivity contribution in [3.05, 3.63) is 26.6 Å². The van der Waals surface area contributed by atoms with Crippen molar-refractivity contribution >= 4 is 22.2 Å². The predicted octanol–water partition coefficient (Wildman–Crippen LogP) is 0.955. The van der Waals surface area contributed by atoms with Gasteiger partial charge in [0.15, 0.2) is 12.0 Å². The molecule has 0 spiro atoms. The highest BCUT2D eigenvalue weighted by molar-refractivity contribution is 9.10. The van der Waals surface area contributed by atoms with Gasteiger partial charge in [0.05, 0.1) is 30.3 Å². The third-order valence-corrected chi connectivity index (χ3v) is 3.27. The molecule has 0 aliphatic rings. The summed E-state index contributed by atoms with van der Waals surface area (Å²) in [5.41, 5.74) is -0.347. The van der Waals surface area contributed by atoms with E-state index in [1.165, 1.54) is 10.8 Å². The molecule has 0 saturated carbocycles. The minimum absolute atomic E-state index is 0.00636. The number of aromatic nitrogens is 1. The number of aliphatic hydroxyl groups is 2. The van der Waals surface area contributed by atoms with Crippen LogP contribution in [0.3, 0.4) is 0 Å². The van der Waals surface area contributed by atoms with Crippen molar-refractivity contribution in [2.75, 3.05) is 13.2 Å². The van der Waals surface area contributed by atoms with Crippen LogP contribution in [0.2, 0.25) is 0 Å². The molecular formula is C13H18BrNO5. The van der Waals surface area contributed by atoms with Crippen molar-refractivity contribution in [3.8, 4) is 5.75 Å². The smallest absolute Gasteiger partial charge is 0.238 e. The van der Waals surface area contributed by atoms with Gasteiger partial charge in [0.2, 0.25) is 5.43 Å². The van der Waals surface area contributed by atoms with Crippen LogP contribution in [0.5, 0.6) is 5.75 Å². The summed E-state index contributed by atoms with van der Waals surface area (Å²) in [6.45, 7) is 1.88. The minimum Gasteiger partial charge on any atom is -0.487 e. The van der Waals surface area contributed by atoms with Crippen LogP contribution in [-0.4, -0.2) is 40.4 Å². The van der Waals surface area contributed by atoms with Crippen molar-refractivity contribution in [2.24, 2.45) is 0 Å². The molecular weight excluding hydrogens is 330 g/mol. The molecule has 1 aromatic rings. The highest BCUT2D eigenvalue weighted by atomic mass is 79.9. The van der Waals surface area contributed by atoms with Gasteiger partial charge in [-0.1, -0.05) is 13.3 Å². The van der Waals surface area contributed by atoms with Gasteiger partial charge < -0.3 is 19.5 Å². The van der Waals surface area contributed by atoms with E-state index in [9.17, 15) is 14.7 Å². The van der Waals surface area contributed by atoms with E-state index < -0.39 is 18.1 Å². The third-order valence-electron chi connectivity index (χ3n) is 2.71. The van der Waals surface area contributed by atoms with Crippen molar-refractivity contribution in [1.29, 1.82) is 0 Å². The zero-order chi connectivity index (χ0) is 15.1. The molecule has 0 saturated heterocycles. The first-order valence-corrected chi connectivity index (χ1v) is 7.14. The molecule has 0 aromatic carbocycles. The number of aliphatic hydroxyl groups excluding tert-OH is 2. The Morgan fingerprint density at radius 2 is 2.25 bits per heavy atom. The fraction of sp³-hybridized carbons (Fsp3) is 0.538. The average Bonchev–Trinajstić information content (AvgIpc) is 2.44. The summed E-state index contributed by atoms with van der Waals surface area (Å²) in [6.07, 6.45) is 2.56. The van der Waals surface area contributed by atoms with E-state index in [1.54, 1.807) is 0 Å². The summed E-state index contributed by atoms with van der Waals surface area (Å²) in [5.74, 6) is -0.0343. The average molecular weight is 348 g/mol. The van der Waals surface area contributed by atoms with E-state index in [-0.39, 0.29) is 22.5 Å². The molecule has 0 bridgehead atoms. The van der Waals surface area contributed by atoms with Gasteiger partial charge in [0.25, 0.3) is 0 Å². The second kappa shape index (κ2) is 8.18. The Bertz CT molecular complexity index is 514. The molecule has 2 N–H and O–H groups in total. The van der Waals surface area contributed by atoms with E-state index in [0.29, 0.717) is 12.9 Å². The van der Waals surface area contributed by atoms with Crippen LogP contribution in [0.1, 0.15) is 30.3 Å². The Labute approximate surface area is 125 Å². The van der Waals surface area contributed by atoms with Crippen LogP contribution < -0.4 is 10.2 Å². The number of aldehydes is 1. The highest BCUT2D eigenvalue weighted by Gasteiger charge is 2.17. The SMILES string of the molecule is CCCCOc1c(C=O)n(CC(O)CO)cc(Br)c1=O. The molecule has 20 heavy (non-hydrogen) atoms. The zero-order valence-corrected chi connectivity index (χ0v) is 12.8. The Morgan fingerprint density at radius 3 is 2.80 bits per heavy atom. The maximum Gasteiger partial charge on any atom is 0.238 e. The second-order valence-electron chi connectivity index (χ2n) is 4.33. The summed E-state index contributed by atoms with van der Waals surface area (Å²) in [6, 6.07) is 0. The summed E-state index contributed by atoms with van der Waals surface area (Å²) < 4.78 is 7.02. The summed E-state index contributed by atoms with van der Waals surface area (Å²) in [5, 5.41) is 18.3. The molecule has 0 aliphatic carbocycles. The van der Waals surface area contributed by atoms with Crippen molar-refractivity contribution in [3.63, 3.8) is 0 Å². The summed E-state index contributed by atoms with van der Waals surface area (Å²) >= 11 is 3.11. The van der Waals surface area contributed by atoms with Gasteiger partial charge in [0.1, 0.15) is 5.69 Å². The fourth-order valence-corrected chi connectivity index (χ4v) is 2.06. The molecule has 0 amide bonds. The summed E-state index contributed by atoms with van der Waals surface area (Å²) in [7, 11) is 0. The molecule has 0 radical (unpaired) electrons. The standard InChI is InChI=1S/C13H18BrNO5/c1-2-3-4-20-13-11(8-17)15(5-9(18)7-16)6-10(14)12(13)19/h6,8-9,16,18H,2-5,7H2,1H3. The monoisotopic (exact) mass is 347 g/mol. The van der Waals surface area contributed by atoms with Crippen LogP contribution in [0, 0.1) is 0 Å². The first-order valence-electron chi connectivity index (χ1n) is 6.35. The topological polar surface area (TPSA) is 88.8 Å². The molecule has 0 aliphatic heterocycles. The molecule has 0 fully saturated rings. The first kappa shape index (κ1) is 16.9. The lowest BCUT2D eigenvalue weighted by Crippen LogP contribution is -2.25. The number of unbranched alkanes of at least 4 members (excludes halogenated alkanes) is 1. The quantitative estimate of drug-likeness (QED) is 0.540. The lowest BCUT2D eigenvalue weighted by molar-refractivity contribution is 0.0796. The van der Waals surface area contributed by atoms with Gasteiger partial charge in [-0.2, -0.15) is 0 Å². The van der Waals surface area contributed by atoms with E-state index in [0.717, 1.165) is 12.8 Å². The van der Waals surface area contributed by atoms with Gasteiger partial charge in [-0.15, -0.1) is 0 Å². The van der Waals surface area contributed by atoms with Gasteiger partial charge in [-0.25, -0.2) is 0 Å². The highest BCUT2D eigenvalue weighted by Crippen LogP contribution is 2.17. The minimum atomic E-state index is -1.02. The van der Waals surface area contributed by atoms with E-state index in [1.807, 2.05) is 6.92 Å². The van der Waals surface area contributed by atoms with E-state index in [2.05, 4.69) is 15.9 Å². The molecule has 1 atom stereocenters. The molecule has 112 valence electrons. The zero-order valence-electron chi connectivity index (χ0n) is 11.2. The lowest BCUT2D eigenvalue weighted by Gasteiger charge is -2.16. The number of carbonyl (C=O) groups is 1. The van der Waals surface area contributed by atoms with Gasteiger partial charge in [0, 0.05) is 6.20 Å². The van der Waals surface area contributed by atoms with Crippen molar-refractivity contribution in [2.45, 2.75) is 32.4 Å². The third kappa shape index (κ3) is 4.16. The Kier molecular flexibility index (Phi) is 6.90. The first-order chi connectivity index (χ1) is 9.54. The van der Waals surface area contributed by atoms with Crippen LogP contribution in [0.25, 0.3) is 0 Å². The normalized spacial score (nSPS) is 12.2.